The second-order valence-corrected chi connectivity index (χ2v) is 11.2. The molecule has 1 aromatic carbocycles. The van der Waals surface area contributed by atoms with Gasteiger partial charge < -0.3 is 20.6 Å². The van der Waals surface area contributed by atoms with Gasteiger partial charge in [-0.2, -0.15) is 0 Å². The molecule has 0 amide bonds. The molecule has 38 heavy (non-hydrogen) atoms. The van der Waals surface area contributed by atoms with Crippen LogP contribution in [0.2, 0.25) is 0 Å². The van der Waals surface area contributed by atoms with Crippen LogP contribution in [-0.4, -0.2) is 69.5 Å². The number of hydrogen-bond acceptors (Lipinski definition) is 8. The average Bonchev–Trinajstić information content (AvgIpc) is 3.63. The molecular formula is C30H33N7O. The standard InChI is InChI=1S/C30H33N7O/c31-30-28(16-27(33-34-30)26-5-1-2-6-29(26)38)36-18-24-9-10-25(19-36)37(24)23-11-12-32-21(15-23)4-3-13-35-17-20-7-8-22(35)14-20/h1-2,5-6,11-12,15-16,20,22,24-25,38H,7-10,13-14,17-19H2,(H2,31,34)/t20-,22+,24?,25?/m0/s1. The number of aromatic nitrogens is 3. The highest BCUT2D eigenvalue weighted by atomic mass is 16.3. The largest absolute Gasteiger partial charge is 0.507 e. The van der Waals surface area contributed by atoms with Crippen molar-refractivity contribution in [2.75, 3.05) is 41.7 Å². The van der Waals surface area contributed by atoms with Gasteiger partial charge in [-0.05, 0) is 74.3 Å². The number of para-hydroxylation sites is 1. The van der Waals surface area contributed by atoms with E-state index in [-0.39, 0.29) is 5.75 Å². The van der Waals surface area contributed by atoms with Crippen LogP contribution in [0.5, 0.6) is 5.75 Å². The lowest BCUT2D eigenvalue weighted by atomic mass is 10.1. The van der Waals surface area contributed by atoms with E-state index in [0.29, 0.717) is 29.2 Å². The number of phenols is 1. The van der Waals surface area contributed by atoms with Crippen LogP contribution in [0.3, 0.4) is 0 Å². The third kappa shape index (κ3) is 4.21. The first-order valence-electron chi connectivity index (χ1n) is 13.8. The molecule has 3 aliphatic heterocycles. The summed E-state index contributed by atoms with van der Waals surface area (Å²) in [7, 11) is 0. The van der Waals surface area contributed by atoms with Gasteiger partial charge in [0.05, 0.1) is 17.9 Å². The van der Waals surface area contributed by atoms with E-state index < -0.39 is 0 Å². The van der Waals surface area contributed by atoms with Gasteiger partial charge in [0, 0.05) is 55.2 Å². The minimum Gasteiger partial charge on any atom is -0.507 e. The lowest BCUT2D eigenvalue weighted by Gasteiger charge is -2.43. The molecule has 2 unspecified atom stereocenters. The van der Waals surface area contributed by atoms with Crippen LogP contribution in [0.1, 0.15) is 37.8 Å². The monoisotopic (exact) mass is 507 g/mol. The maximum Gasteiger partial charge on any atom is 0.169 e. The van der Waals surface area contributed by atoms with E-state index in [1.165, 1.54) is 31.5 Å². The van der Waals surface area contributed by atoms with Crippen molar-refractivity contribution in [1.82, 2.24) is 20.1 Å². The van der Waals surface area contributed by atoms with Crippen molar-refractivity contribution in [2.45, 2.75) is 50.2 Å². The van der Waals surface area contributed by atoms with Crippen molar-refractivity contribution < 1.29 is 5.11 Å². The smallest absolute Gasteiger partial charge is 0.169 e. The Bertz CT molecular complexity index is 1400. The number of phenolic OH excluding ortho intramolecular Hbond substituents is 1. The molecule has 1 aliphatic carbocycles. The highest BCUT2D eigenvalue weighted by Gasteiger charge is 2.41. The molecule has 7 rings (SSSR count). The van der Waals surface area contributed by atoms with Crippen LogP contribution in [0, 0.1) is 17.8 Å². The second-order valence-electron chi connectivity index (χ2n) is 11.2. The molecular weight excluding hydrogens is 474 g/mol. The van der Waals surface area contributed by atoms with Gasteiger partial charge in [-0.1, -0.05) is 18.1 Å². The summed E-state index contributed by atoms with van der Waals surface area (Å²) in [5.41, 5.74) is 10.5. The minimum absolute atomic E-state index is 0.187. The topological polar surface area (TPSA) is 94.6 Å². The number of anilines is 3. The molecule has 8 nitrogen and oxygen atoms in total. The van der Waals surface area contributed by atoms with Crippen molar-refractivity contribution in [3.8, 4) is 28.8 Å². The number of nitrogens with two attached hydrogens (primary N) is 1. The van der Waals surface area contributed by atoms with Crippen molar-refractivity contribution in [2.24, 2.45) is 5.92 Å². The first kappa shape index (κ1) is 23.3. The summed E-state index contributed by atoms with van der Waals surface area (Å²) in [4.78, 5) is 12.0. The fourth-order valence-corrected chi connectivity index (χ4v) is 7.09. The Morgan fingerprint density at radius 3 is 2.53 bits per heavy atom. The van der Waals surface area contributed by atoms with Crippen molar-refractivity contribution in [3.05, 3.63) is 54.4 Å². The number of pyridine rings is 1. The van der Waals surface area contributed by atoms with Crippen LogP contribution in [0.15, 0.2) is 48.7 Å². The molecule has 4 aliphatic rings. The summed E-state index contributed by atoms with van der Waals surface area (Å²) in [6.45, 7) is 3.77. The van der Waals surface area contributed by atoms with Crippen LogP contribution in [0.4, 0.5) is 17.2 Å². The van der Waals surface area contributed by atoms with Gasteiger partial charge in [0.15, 0.2) is 5.82 Å². The molecule has 0 spiro atoms. The summed E-state index contributed by atoms with van der Waals surface area (Å²) in [6, 6.07) is 14.9. The summed E-state index contributed by atoms with van der Waals surface area (Å²) in [5, 5.41) is 18.8. The van der Waals surface area contributed by atoms with E-state index in [1.54, 1.807) is 12.1 Å². The number of nitrogens with zero attached hydrogens (tertiary/aromatic N) is 6. The highest BCUT2D eigenvalue weighted by molar-refractivity contribution is 5.74. The molecule has 0 radical (unpaired) electrons. The summed E-state index contributed by atoms with van der Waals surface area (Å²) < 4.78 is 0. The molecule has 3 aromatic rings. The fraction of sp³-hybridized carbons (Fsp3) is 0.433. The van der Waals surface area contributed by atoms with E-state index in [1.807, 2.05) is 24.4 Å². The Kier molecular flexibility index (Phi) is 5.81. The van der Waals surface area contributed by atoms with Crippen LogP contribution in [0.25, 0.3) is 11.3 Å². The number of benzene rings is 1. The van der Waals surface area contributed by atoms with Crippen LogP contribution < -0.4 is 15.5 Å². The number of hydrogen-bond donors (Lipinski definition) is 2. The number of rotatable bonds is 4. The third-order valence-corrected chi connectivity index (χ3v) is 8.87. The summed E-state index contributed by atoms with van der Waals surface area (Å²) >= 11 is 0. The molecule has 1 saturated carbocycles. The number of fused-ring (bicyclic) bond motifs is 4. The molecule has 4 fully saturated rings. The zero-order valence-electron chi connectivity index (χ0n) is 21.5. The van der Waals surface area contributed by atoms with Crippen LogP contribution in [-0.2, 0) is 0 Å². The maximum atomic E-state index is 10.3. The Morgan fingerprint density at radius 1 is 0.947 bits per heavy atom. The molecule has 8 heteroatoms. The van der Waals surface area contributed by atoms with Gasteiger partial charge >= 0.3 is 0 Å². The second kappa shape index (κ2) is 9.48. The van der Waals surface area contributed by atoms with Crippen molar-refractivity contribution in [1.29, 1.82) is 0 Å². The zero-order valence-corrected chi connectivity index (χ0v) is 21.5. The molecule has 194 valence electrons. The van der Waals surface area contributed by atoms with Crippen LogP contribution >= 0.6 is 0 Å². The first-order valence-corrected chi connectivity index (χ1v) is 13.8. The third-order valence-electron chi connectivity index (χ3n) is 8.87. The number of piperazine rings is 1. The summed E-state index contributed by atoms with van der Waals surface area (Å²) in [5.74, 6) is 8.24. The van der Waals surface area contributed by atoms with E-state index in [9.17, 15) is 5.11 Å². The van der Waals surface area contributed by atoms with Crippen molar-refractivity contribution in [3.63, 3.8) is 0 Å². The van der Waals surface area contributed by atoms with Gasteiger partial charge in [-0.15, -0.1) is 10.2 Å². The number of likely N-dealkylation sites (tertiary alicyclic amines) is 1. The first-order chi connectivity index (χ1) is 18.6. The van der Waals surface area contributed by atoms with E-state index in [4.69, 9.17) is 5.73 Å². The molecule has 5 heterocycles. The molecule has 4 atom stereocenters. The summed E-state index contributed by atoms with van der Waals surface area (Å²) in [6.07, 6.45) is 8.26. The normalized spacial score (nSPS) is 26.0. The van der Waals surface area contributed by atoms with Crippen molar-refractivity contribution >= 4 is 17.2 Å². The molecule has 4 bridgehead atoms. The van der Waals surface area contributed by atoms with Gasteiger partial charge in [-0.3, -0.25) is 4.90 Å². The quantitative estimate of drug-likeness (QED) is 0.518. The van der Waals surface area contributed by atoms with E-state index >= 15 is 0 Å². The minimum atomic E-state index is 0.187. The van der Waals surface area contributed by atoms with Gasteiger partial charge in [0.2, 0.25) is 0 Å². The molecule has 3 N–H and O–H groups in total. The Labute approximate surface area is 223 Å². The Hall–Kier alpha value is -3.83. The lowest BCUT2D eigenvalue weighted by Crippen LogP contribution is -2.54. The zero-order chi connectivity index (χ0) is 25.6. The van der Waals surface area contributed by atoms with E-state index in [2.05, 4.69) is 53.9 Å². The number of nitrogen functional groups attached to an aromatic ring is 1. The van der Waals surface area contributed by atoms with Gasteiger partial charge in [0.1, 0.15) is 11.4 Å². The Balaban J connectivity index is 1.08. The lowest BCUT2D eigenvalue weighted by molar-refractivity contribution is 0.239. The number of piperidine rings is 1. The fourth-order valence-electron chi connectivity index (χ4n) is 7.09. The average molecular weight is 508 g/mol. The van der Waals surface area contributed by atoms with Gasteiger partial charge in [-0.25, -0.2) is 4.98 Å². The SMILES string of the molecule is Nc1nnc(-c2ccccc2O)cc1N1CC2CCC(C1)N2c1ccnc(C#CCN2C[C@H]3CC[C@@H]2C3)c1. The number of aromatic hydroxyl groups is 1. The molecule has 3 saturated heterocycles. The predicted octanol–water partition coefficient (Wildman–Crippen LogP) is 3.52. The van der Waals surface area contributed by atoms with Gasteiger partial charge in [0.25, 0.3) is 0 Å². The predicted molar refractivity (Wildman–Crippen MR) is 149 cm³/mol. The maximum absolute atomic E-state index is 10.3. The Morgan fingerprint density at radius 2 is 1.76 bits per heavy atom. The highest BCUT2D eigenvalue weighted by Crippen LogP contribution is 2.39. The molecule has 2 aromatic heterocycles. The van der Waals surface area contributed by atoms with E-state index in [0.717, 1.165) is 55.8 Å².